The van der Waals surface area contributed by atoms with Gasteiger partial charge >= 0.3 is 0 Å². The van der Waals surface area contributed by atoms with E-state index >= 15 is 0 Å². The van der Waals surface area contributed by atoms with Gasteiger partial charge in [0.05, 0.1) is 16.7 Å². The van der Waals surface area contributed by atoms with Crippen LogP contribution in [0.25, 0.3) is 0 Å². The van der Waals surface area contributed by atoms with Crippen LogP contribution in [0.4, 0.5) is 0 Å². The van der Waals surface area contributed by atoms with Crippen LogP contribution in [-0.2, 0) is 10.1 Å². The molecule has 0 saturated carbocycles. The van der Waals surface area contributed by atoms with Crippen molar-refractivity contribution in [2.24, 2.45) is 0 Å². The highest BCUT2D eigenvalue weighted by atomic mass is 32.2. The van der Waals surface area contributed by atoms with Gasteiger partial charge in [0.15, 0.2) is 0 Å². The second-order valence-electron chi connectivity index (χ2n) is 3.63. The Morgan fingerprint density at radius 3 is 2.38 bits per heavy atom. The number of rotatable bonds is 6. The van der Waals surface area contributed by atoms with Crippen LogP contribution in [0.2, 0.25) is 0 Å². The molecule has 4 nitrogen and oxygen atoms in total. The lowest BCUT2D eigenvalue weighted by molar-refractivity contribution is 0.309. The summed E-state index contributed by atoms with van der Waals surface area (Å²) in [6.45, 7) is 2.42. The first kappa shape index (κ1) is 13.0. The maximum atomic E-state index is 10.3. The van der Waals surface area contributed by atoms with Gasteiger partial charge in [-0.3, -0.25) is 0 Å². The molecule has 0 aliphatic rings. The van der Waals surface area contributed by atoms with Gasteiger partial charge in [0, 0.05) is 5.75 Å². The molecular weight excluding hydrogens is 228 g/mol. The molecule has 0 bridgehead atoms. The Hall–Kier alpha value is -1.07. The highest BCUT2D eigenvalue weighted by Crippen LogP contribution is 2.11. The predicted molar refractivity (Wildman–Crippen MR) is 60.5 cm³/mol. The molecule has 16 heavy (non-hydrogen) atoms. The summed E-state index contributed by atoms with van der Waals surface area (Å²) in [7, 11) is -4.08. The van der Waals surface area contributed by atoms with Crippen LogP contribution in [0.3, 0.4) is 0 Å². The van der Waals surface area contributed by atoms with Crippen molar-refractivity contribution < 1.29 is 17.7 Å². The zero-order chi connectivity index (χ0) is 12.0. The lowest BCUT2D eigenvalue weighted by atomic mass is 10.2. The lowest BCUT2D eigenvalue weighted by Crippen LogP contribution is -2.06. The summed E-state index contributed by atoms with van der Waals surface area (Å²) in [6.07, 6.45) is 0.910. The topological polar surface area (TPSA) is 66.4 Å². The number of aryl methyl sites for hydroxylation is 1. The number of benzene rings is 1. The van der Waals surface area contributed by atoms with Crippen LogP contribution in [0.1, 0.15) is 18.4 Å². The molecule has 0 aromatic heterocycles. The van der Waals surface area contributed by atoms with Gasteiger partial charge in [-0.25, -0.2) is 8.42 Å². The first-order valence-electron chi connectivity index (χ1n) is 5.10. The largest absolute Gasteiger partial charge is 0.748 e. The van der Waals surface area contributed by atoms with Crippen LogP contribution < -0.4 is 4.74 Å². The van der Waals surface area contributed by atoms with E-state index in [1.54, 1.807) is 0 Å². The summed E-state index contributed by atoms with van der Waals surface area (Å²) in [6, 6.07) is 7.61. The minimum absolute atomic E-state index is 0.315. The van der Waals surface area contributed by atoms with Crippen LogP contribution >= 0.6 is 0 Å². The van der Waals surface area contributed by atoms with Gasteiger partial charge in [-0.2, -0.15) is 0 Å². The summed E-state index contributed by atoms with van der Waals surface area (Å²) < 4.78 is 36.3. The maximum Gasteiger partial charge on any atom is 0.119 e. The van der Waals surface area contributed by atoms with Crippen molar-refractivity contribution in [1.29, 1.82) is 0 Å². The van der Waals surface area contributed by atoms with E-state index in [9.17, 15) is 13.0 Å². The summed E-state index contributed by atoms with van der Waals surface area (Å²) in [5.41, 5.74) is 1.16. The molecule has 0 saturated heterocycles. The Balaban J connectivity index is 2.19. The van der Waals surface area contributed by atoms with Crippen LogP contribution in [0.5, 0.6) is 5.75 Å². The van der Waals surface area contributed by atoms with E-state index in [0.29, 0.717) is 19.4 Å². The fourth-order valence-corrected chi connectivity index (χ4v) is 1.76. The summed E-state index contributed by atoms with van der Waals surface area (Å²) in [5, 5.41) is 0. The molecule has 0 heterocycles. The standard InChI is InChI=1S/C11H16O4S/c1-10-4-6-11(7-5-10)15-8-2-3-9-16(12,13)14/h4-7H,2-3,8-9H2,1H3,(H,12,13,14)/p-1. The minimum atomic E-state index is -4.08. The zero-order valence-corrected chi connectivity index (χ0v) is 10.00. The molecule has 0 N–H and O–H groups in total. The van der Waals surface area contributed by atoms with Gasteiger partial charge in [-0.05, 0) is 31.9 Å². The van der Waals surface area contributed by atoms with Crippen molar-refractivity contribution in [1.82, 2.24) is 0 Å². The molecule has 0 atom stereocenters. The summed E-state index contributed by atoms with van der Waals surface area (Å²) >= 11 is 0. The molecule has 1 aromatic rings. The van der Waals surface area contributed by atoms with Gasteiger partial charge in [-0.15, -0.1) is 0 Å². The molecule has 5 heteroatoms. The Morgan fingerprint density at radius 1 is 1.19 bits per heavy atom. The molecule has 0 amide bonds. The second-order valence-corrected chi connectivity index (χ2v) is 5.15. The number of unbranched alkanes of at least 4 members (excludes halogenated alkanes) is 1. The number of hydrogen-bond acceptors (Lipinski definition) is 4. The highest BCUT2D eigenvalue weighted by molar-refractivity contribution is 7.85. The van der Waals surface area contributed by atoms with Crippen LogP contribution in [-0.4, -0.2) is 25.3 Å². The van der Waals surface area contributed by atoms with E-state index < -0.39 is 10.1 Å². The van der Waals surface area contributed by atoms with Gasteiger partial charge in [-0.1, -0.05) is 17.7 Å². The quantitative estimate of drug-likeness (QED) is 0.563. The SMILES string of the molecule is Cc1ccc(OCCCCS(=O)(=O)[O-])cc1. The molecule has 0 spiro atoms. The highest BCUT2D eigenvalue weighted by Gasteiger charge is 1.96. The fraction of sp³-hybridized carbons (Fsp3) is 0.455. The monoisotopic (exact) mass is 243 g/mol. The average molecular weight is 243 g/mol. The molecule has 0 aliphatic carbocycles. The van der Waals surface area contributed by atoms with Crippen molar-refractivity contribution in [3.05, 3.63) is 29.8 Å². The number of ether oxygens (including phenoxy) is 1. The maximum absolute atomic E-state index is 10.3. The van der Waals surface area contributed by atoms with Crippen molar-refractivity contribution in [2.75, 3.05) is 12.4 Å². The molecule has 0 fully saturated rings. The molecule has 0 unspecified atom stereocenters. The smallest absolute Gasteiger partial charge is 0.119 e. The van der Waals surface area contributed by atoms with Gasteiger partial charge in [0.2, 0.25) is 0 Å². The van der Waals surface area contributed by atoms with Crippen molar-refractivity contribution >= 4 is 10.1 Å². The average Bonchev–Trinajstić information content (AvgIpc) is 2.19. The fourth-order valence-electron chi connectivity index (χ4n) is 1.21. The van der Waals surface area contributed by atoms with E-state index in [1.165, 1.54) is 0 Å². The van der Waals surface area contributed by atoms with Crippen molar-refractivity contribution in [3.63, 3.8) is 0 Å². The van der Waals surface area contributed by atoms with E-state index in [2.05, 4.69) is 0 Å². The zero-order valence-electron chi connectivity index (χ0n) is 9.18. The first-order chi connectivity index (χ1) is 7.47. The predicted octanol–water partition coefficient (Wildman–Crippen LogP) is 1.70. The Kier molecular flexibility index (Phi) is 4.76. The number of hydrogen-bond donors (Lipinski definition) is 0. The minimum Gasteiger partial charge on any atom is -0.748 e. The van der Waals surface area contributed by atoms with E-state index in [1.807, 2.05) is 31.2 Å². The third kappa shape index (κ3) is 5.72. The molecule has 1 rings (SSSR count). The van der Waals surface area contributed by atoms with Crippen LogP contribution in [0.15, 0.2) is 24.3 Å². The Labute approximate surface area is 96.0 Å². The Morgan fingerprint density at radius 2 is 1.81 bits per heavy atom. The molecule has 0 aliphatic heterocycles. The molecular formula is C11H15O4S-. The molecule has 0 radical (unpaired) electrons. The van der Waals surface area contributed by atoms with Gasteiger partial charge in [0.1, 0.15) is 5.75 Å². The van der Waals surface area contributed by atoms with E-state index in [0.717, 1.165) is 11.3 Å². The molecule has 1 aromatic carbocycles. The summed E-state index contributed by atoms with van der Waals surface area (Å²) in [5.74, 6) is 0.445. The normalized spacial score (nSPS) is 11.4. The van der Waals surface area contributed by atoms with Gasteiger partial charge in [0.25, 0.3) is 0 Å². The second kappa shape index (κ2) is 5.86. The van der Waals surface area contributed by atoms with E-state index in [-0.39, 0.29) is 5.75 Å². The first-order valence-corrected chi connectivity index (χ1v) is 6.68. The third-order valence-corrected chi connectivity index (χ3v) is 2.87. The van der Waals surface area contributed by atoms with E-state index in [4.69, 9.17) is 4.74 Å². The Bertz CT molecular complexity index is 408. The van der Waals surface area contributed by atoms with Crippen LogP contribution in [0, 0.1) is 6.92 Å². The lowest BCUT2D eigenvalue weighted by Gasteiger charge is -2.08. The van der Waals surface area contributed by atoms with Crippen molar-refractivity contribution in [2.45, 2.75) is 19.8 Å². The third-order valence-electron chi connectivity index (χ3n) is 2.08. The summed E-state index contributed by atoms with van der Waals surface area (Å²) in [4.78, 5) is 0. The van der Waals surface area contributed by atoms with Gasteiger partial charge < -0.3 is 9.29 Å². The molecule has 90 valence electrons. The van der Waals surface area contributed by atoms with Crippen molar-refractivity contribution in [3.8, 4) is 5.75 Å².